The molecule has 1 rings (SSSR count). The number of benzene rings is 1. The smallest absolute Gasteiger partial charge is 0.119 e. The molecule has 3 heteroatoms. The van der Waals surface area contributed by atoms with Gasteiger partial charge in [0.25, 0.3) is 0 Å². The van der Waals surface area contributed by atoms with Gasteiger partial charge in [-0.15, -0.1) is 11.6 Å². The van der Waals surface area contributed by atoms with Gasteiger partial charge in [-0.2, -0.15) is 0 Å². The first-order valence-electron chi connectivity index (χ1n) is 4.14. The number of ether oxygens (including phenoxy) is 1. The second kappa shape index (κ2) is 4.87. The molecule has 0 aliphatic heterocycles. The molecule has 0 saturated heterocycles. The Morgan fingerprint density at radius 3 is 2.15 bits per heavy atom. The number of alkyl halides is 2. The van der Waals surface area contributed by atoms with Crippen LogP contribution in [0, 0.1) is 0 Å². The van der Waals surface area contributed by atoms with Gasteiger partial charge in [-0.25, -0.2) is 0 Å². The second-order valence-corrected chi connectivity index (χ2v) is 4.92. The molecule has 13 heavy (non-hydrogen) atoms. The largest absolute Gasteiger partial charge is 0.491 e. The minimum absolute atomic E-state index is 0.124. The van der Waals surface area contributed by atoms with Crippen LogP contribution in [0.2, 0.25) is 0 Å². The van der Waals surface area contributed by atoms with E-state index in [0.717, 1.165) is 11.3 Å². The molecular formula is C10H12BrClO. The summed E-state index contributed by atoms with van der Waals surface area (Å²) >= 11 is 9.12. The highest BCUT2D eigenvalue weighted by Gasteiger charge is 2.02. The maximum absolute atomic E-state index is 5.84. The van der Waals surface area contributed by atoms with E-state index >= 15 is 0 Å². The summed E-state index contributed by atoms with van der Waals surface area (Å²) in [5.74, 6) is 0.878. The fraction of sp³-hybridized carbons (Fsp3) is 0.400. The summed E-state index contributed by atoms with van der Waals surface area (Å²) in [6.45, 7) is 4.01. The minimum Gasteiger partial charge on any atom is -0.491 e. The summed E-state index contributed by atoms with van der Waals surface area (Å²) < 4.78 is 5.37. The van der Waals surface area contributed by atoms with Gasteiger partial charge in [0.2, 0.25) is 0 Å². The Balaban J connectivity index is 2.70. The van der Waals surface area contributed by atoms with Crippen LogP contribution in [0.5, 0.6) is 5.75 Å². The van der Waals surface area contributed by atoms with E-state index < -0.39 is 0 Å². The van der Waals surface area contributed by atoms with Crippen molar-refractivity contribution in [3.05, 3.63) is 29.8 Å². The Morgan fingerprint density at radius 2 is 1.77 bits per heavy atom. The molecule has 1 unspecified atom stereocenters. The van der Waals surface area contributed by atoms with Crippen LogP contribution >= 0.6 is 27.5 Å². The van der Waals surface area contributed by atoms with E-state index in [4.69, 9.17) is 16.3 Å². The van der Waals surface area contributed by atoms with E-state index in [1.807, 2.05) is 38.1 Å². The van der Waals surface area contributed by atoms with Gasteiger partial charge in [0.15, 0.2) is 0 Å². The highest BCUT2D eigenvalue weighted by Crippen LogP contribution is 2.28. The van der Waals surface area contributed by atoms with Gasteiger partial charge in [0.05, 0.1) is 6.10 Å². The van der Waals surface area contributed by atoms with E-state index in [2.05, 4.69) is 15.9 Å². The molecule has 0 N–H and O–H groups in total. The van der Waals surface area contributed by atoms with E-state index in [-0.39, 0.29) is 10.4 Å². The first-order valence-corrected chi connectivity index (χ1v) is 5.49. The lowest BCUT2D eigenvalue weighted by molar-refractivity contribution is 0.242. The number of hydrogen-bond acceptors (Lipinski definition) is 1. The van der Waals surface area contributed by atoms with Gasteiger partial charge in [0.1, 0.15) is 10.0 Å². The van der Waals surface area contributed by atoms with Crippen LogP contribution in [0.4, 0.5) is 0 Å². The Morgan fingerprint density at radius 1 is 1.23 bits per heavy atom. The van der Waals surface area contributed by atoms with Crippen LogP contribution in [0.3, 0.4) is 0 Å². The third-order valence-corrected chi connectivity index (χ3v) is 2.28. The molecule has 0 radical (unpaired) electrons. The van der Waals surface area contributed by atoms with Crippen LogP contribution in [0.15, 0.2) is 24.3 Å². The summed E-state index contributed by atoms with van der Waals surface area (Å²) in [5.41, 5.74) is 1.04. The fourth-order valence-electron chi connectivity index (χ4n) is 0.964. The van der Waals surface area contributed by atoms with Crippen molar-refractivity contribution in [1.82, 2.24) is 0 Å². The fourth-order valence-corrected chi connectivity index (χ4v) is 1.41. The maximum Gasteiger partial charge on any atom is 0.119 e. The predicted octanol–water partition coefficient (Wildman–Crippen LogP) is 4.11. The third-order valence-electron chi connectivity index (χ3n) is 1.50. The van der Waals surface area contributed by atoms with E-state index in [1.165, 1.54) is 0 Å². The highest BCUT2D eigenvalue weighted by atomic mass is 79.9. The predicted molar refractivity (Wildman–Crippen MR) is 59.7 cm³/mol. The standard InChI is InChI=1S/C10H12BrClO/c1-7(2)13-9-5-3-8(4-6-9)10(11)12/h3-7,10H,1-2H3. The van der Waals surface area contributed by atoms with Crippen molar-refractivity contribution >= 4 is 27.5 Å². The van der Waals surface area contributed by atoms with Crippen molar-refractivity contribution in [2.75, 3.05) is 0 Å². The summed E-state index contributed by atoms with van der Waals surface area (Å²) in [7, 11) is 0. The van der Waals surface area contributed by atoms with Crippen LogP contribution in [0.25, 0.3) is 0 Å². The number of hydrogen-bond donors (Lipinski definition) is 0. The summed E-state index contributed by atoms with van der Waals surface area (Å²) in [4.78, 5) is 0. The topological polar surface area (TPSA) is 9.23 Å². The average Bonchev–Trinajstić information content (AvgIpc) is 2.04. The molecule has 0 amide bonds. The van der Waals surface area contributed by atoms with Gasteiger partial charge >= 0.3 is 0 Å². The van der Waals surface area contributed by atoms with Crippen LogP contribution < -0.4 is 4.74 Å². The van der Waals surface area contributed by atoms with Crippen molar-refractivity contribution in [3.8, 4) is 5.75 Å². The van der Waals surface area contributed by atoms with Crippen molar-refractivity contribution in [2.45, 2.75) is 24.2 Å². The lowest BCUT2D eigenvalue weighted by Gasteiger charge is -2.10. The average molecular weight is 264 g/mol. The summed E-state index contributed by atoms with van der Waals surface area (Å²) in [6, 6.07) is 7.74. The summed E-state index contributed by atoms with van der Waals surface area (Å²) in [6.07, 6.45) is 0.210. The number of halogens is 2. The Kier molecular flexibility index (Phi) is 4.07. The molecule has 0 bridgehead atoms. The Bertz CT molecular complexity index is 256. The first-order chi connectivity index (χ1) is 6.09. The zero-order valence-corrected chi connectivity index (χ0v) is 9.97. The van der Waals surface area contributed by atoms with Crippen molar-refractivity contribution in [3.63, 3.8) is 0 Å². The van der Waals surface area contributed by atoms with E-state index in [0.29, 0.717) is 0 Å². The molecule has 0 spiro atoms. The molecule has 0 saturated carbocycles. The Labute approximate surface area is 92.2 Å². The minimum atomic E-state index is -0.124. The van der Waals surface area contributed by atoms with Gasteiger partial charge in [-0.3, -0.25) is 0 Å². The van der Waals surface area contributed by atoms with E-state index in [9.17, 15) is 0 Å². The zero-order valence-electron chi connectivity index (χ0n) is 7.63. The van der Waals surface area contributed by atoms with Crippen molar-refractivity contribution < 1.29 is 4.74 Å². The molecule has 0 heterocycles. The monoisotopic (exact) mass is 262 g/mol. The van der Waals surface area contributed by atoms with Gasteiger partial charge in [-0.05, 0) is 31.5 Å². The molecule has 0 aromatic heterocycles. The lowest BCUT2D eigenvalue weighted by atomic mass is 10.2. The van der Waals surface area contributed by atoms with Crippen molar-refractivity contribution in [2.24, 2.45) is 0 Å². The number of rotatable bonds is 3. The van der Waals surface area contributed by atoms with Gasteiger partial charge in [-0.1, -0.05) is 28.1 Å². The molecule has 1 aromatic rings. The quantitative estimate of drug-likeness (QED) is 0.746. The van der Waals surface area contributed by atoms with Crippen LogP contribution in [-0.4, -0.2) is 6.10 Å². The molecule has 1 aromatic carbocycles. The highest BCUT2D eigenvalue weighted by molar-refractivity contribution is 9.09. The molecular weight excluding hydrogens is 251 g/mol. The SMILES string of the molecule is CC(C)Oc1ccc(C(Cl)Br)cc1. The summed E-state index contributed by atoms with van der Waals surface area (Å²) in [5, 5.41) is 0. The van der Waals surface area contributed by atoms with Crippen LogP contribution in [-0.2, 0) is 0 Å². The second-order valence-electron chi connectivity index (χ2n) is 3.04. The Hall–Kier alpha value is -0.210. The molecule has 1 atom stereocenters. The van der Waals surface area contributed by atoms with E-state index in [1.54, 1.807) is 0 Å². The molecule has 0 aliphatic carbocycles. The lowest BCUT2D eigenvalue weighted by Crippen LogP contribution is -2.05. The first kappa shape index (κ1) is 10.9. The maximum atomic E-state index is 5.84. The normalized spacial score (nSPS) is 13.0. The molecule has 0 aliphatic rings. The third kappa shape index (κ3) is 3.57. The van der Waals surface area contributed by atoms with Gasteiger partial charge in [0, 0.05) is 0 Å². The van der Waals surface area contributed by atoms with Gasteiger partial charge < -0.3 is 4.74 Å². The molecule has 1 nitrogen and oxygen atoms in total. The zero-order chi connectivity index (χ0) is 9.84. The molecule has 72 valence electrons. The molecule has 0 fully saturated rings. The van der Waals surface area contributed by atoms with Crippen LogP contribution in [0.1, 0.15) is 23.7 Å². The van der Waals surface area contributed by atoms with Crippen molar-refractivity contribution in [1.29, 1.82) is 0 Å².